The van der Waals surface area contributed by atoms with E-state index in [1.54, 1.807) is 30.3 Å². The summed E-state index contributed by atoms with van der Waals surface area (Å²) in [6, 6.07) is 18.3. The maximum atomic E-state index is 12.7. The van der Waals surface area contributed by atoms with Crippen LogP contribution < -0.4 is 24.4 Å². The number of benzene rings is 3. The van der Waals surface area contributed by atoms with Gasteiger partial charge in [-0.15, -0.1) is 0 Å². The van der Waals surface area contributed by atoms with Crippen molar-refractivity contribution >= 4 is 23.7 Å². The maximum absolute atomic E-state index is 12.7. The van der Waals surface area contributed by atoms with E-state index in [9.17, 15) is 4.79 Å². The second-order valence-corrected chi connectivity index (χ2v) is 8.92. The number of nitrogens with zero attached hydrogens (tertiary/aromatic N) is 1. The number of unbranched alkanes of at least 4 members (excludes halogenated alkanes) is 3. The van der Waals surface area contributed by atoms with E-state index in [2.05, 4.69) is 17.5 Å². The predicted octanol–water partition coefficient (Wildman–Crippen LogP) is 7.05. The Hall–Kier alpha value is -3.71. The van der Waals surface area contributed by atoms with E-state index < -0.39 is 5.91 Å². The molecule has 7 nitrogen and oxygen atoms in total. The number of methoxy groups -OCH3 is 1. The molecule has 1 N–H and O–H groups in total. The third-order valence-corrected chi connectivity index (χ3v) is 5.90. The first kappa shape index (κ1) is 28.9. The number of hydrogen-bond donors (Lipinski definition) is 1. The zero-order chi connectivity index (χ0) is 27.2. The molecule has 0 unspecified atom stereocenters. The highest BCUT2D eigenvalue weighted by Gasteiger charge is 2.13. The van der Waals surface area contributed by atoms with Crippen LogP contribution in [-0.2, 0) is 6.61 Å². The van der Waals surface area contributed by atoms with Crippen LogP contribution in [0.1, 0.15) is 61.0 Å². The van der Waals surface area contributed by atoms with Gasteiger partial charge in [-0.05, 0) is 54.8 Å². The molecule has 0 aliphatic carbocycles. The highest BCUT2D eigenvalue weighted by atomic mass is 35.5. The molecule has 0 atom stereocenters. The molecule has 0 heterocycles. The predicted molar refractivity (Wildman–Crippen MR) is 151 cm³/mol. The molecule has 0 aliphatic rings. The molecular formula is C30H35ClN2O5. The number of rotatable bonds is 15. The fourth-order valence-corrected chi connectivity index (χ4v) is 3.94. The minimum absolute atomic E-state index is 0.380. The summed E-state index contributed by atoms with van der Waals surface area (Å²) in [4.78, 5) is 12.7. The molecule has 0 aromatic heterocycles. The summed E-state index contributed by atoms with van der Waals surface area (Å²) in [7, 11) is 1.53. The fraction of sp³-hybridized carbons (Fsp3) is 0.333. The molecule has 0 spiro atoms. The third kappa shape index (κ3) is 8.70. The summed E-state index contributed by atoms with van der Waals surface area (Å²) in [5.74, 6) is 1.67. The Morgan fingerprint density at radius 3 is 2.47 bits per heavy atom. The Morgan fingerprint density at radius 1 is 0.921 bits per heavy atom. The molecule has 3 aromatic carbocycles. The number of carbonyl (C=O) groups excluding carboxylic acids is 1. The van der Waals surface area contributed by atoms with E-state index in [0.717, 1.165) is 24.8 Å². The van der Waals surface area contributed by atoms with E-state index in [-0.39, 0.29) is 0 Å². The van der Waals surface area contributed by atoms with E-state index in [0.29, 0.717) is 59.0 Å². The minimum atomic E-state index is -0.391. The average Bonchev–Trinajstić information content (AvgIpc) is 2.93. The lowest BCUT2D eigenvalue weighted by atomic mass is 10.2. The number of nitrogens with one attached hydrogen (secondary N) is 1. The molecule has 0 saturated heterocycles. The number of halogens is 1. The van der Waals surface area contributed by atoms with Crippen molar-refractivity contribution in [3.63, 3.8) is 0 Å². The summed E-state index contributed by atoms with van der Waals surface area (Å²) in [6.07, 6.45) is 5.91. The number of hydrazone groups is 1. The molecule has 3 rings (SSSR count). The van der Waals surface area contributed by atoms with Crippen molar-refractivity contribution in [2.45, 2.75) is 46.1 Å². The molecule has 1 amide bonds. The van der Waals surface area contributed by atoms with Gasteiger partial charge in [0.1, 0.15) is 6.61 Å². The number of hydrogen-bond acceptors (Lipinski definition) is 6. The minimum Gasteiger partial charge on any atom is -0.493 e. The molecule has 0 fully saturated rings. The zero-order valence-electron chi connectivity index (χ0n) is 22.2. The average molecular weight is 539 g/mol. The monoisotopic (exact) mass is 538 g/mol. The van der Waals surface area contributed by atoms with Gasteiger partial charge in [0.15, 0.2) is 23.0 Å². The summed E-state index contributed by atoms with van der Waals surface area (Å²) >= 11 is 6.48. The highest BCUT2D eigenvalue weighted by Crippen LogP contribution is 2.36. The van der Waals surface area contributed by atoms with Gasteiger partial charge in [0, 0.05) is 5.56 Å². The SMILES string of the molecule is CCCCCCOc1c(Cl)cc(/C=N/NC(=O)c2ccc(OCc3ccccc3)c(OC)c2)cc1OCC. The lowest BCUT2D eigenvalue weighted by Gasteiger charge is -2.14. The molecular weight excluding hydrogens is 504 g/mol. The van der Waals surface area contributed by atoms with Crippen LogP contribution >= 0.6 is 11.6 Å². The lowest BCUT2D eigenvalue weighted by molar-refractivity contribution is 0.0954. The van der Waals surface area contributed by atoms with Crippen molar-refractivity contribution in [2.75, 3.05) is 20.3 Å². The molecule has 3 aromatic rings. The summed E-state index contributed by atoms with van der Waals surface area (Å²) in [5, 5.41) is 4.51. The van der Waals surface area contributed by atoms with Crippen molar-refractivity contribution in [1.82, 2.24) is 5.43 Å². The van der Waals surface area contributed by atoms with E-state index in [4.69, 9.17) is 30.5 Å². The van der Waals surface area contributed by atoms with E-state index in [1.165, 1.54) is 19.7 Å². The smallest absolute Gasteiger partial charge is 0.271 e. The largest absolute Gasteiger partial charge is 0.493 e. The summed E-state index contributed by atoms with van der Waals surface area (Å²) in [6.45, 7) is 5.49. The lowest BCUT2D eigenvalue weighted by Crippen LogP contribution is -2.17. The topological polar surface area (TPSA) is 78.4 Å². The second kappa shape index (κ2) is 15.5. The van der Waals surface area contributed by atoms with Crippen molar-refractivity contribution in [3.05, 3.63) is 82.4 Å². The van der Waals surface area contributed by atoms with Crippen molar-refractivity contribution in [2.24, 2.45) is 5.10 Å². The molecule has 0 bridgehead atoms. The van der Waals surface area contributed by atoms with Crippen LogP contribution in [0.2, 0.25) is 5.02 Å². The van der Waals surface area contributed by atoms with Gasteiger partial charge in [-0.1, -0.05) is 68.1 Å². The Kier molecular flexibility index (Phi) is 11.8. The first-order chi connectivity index (χ1) is 18.5. The summed E-state index contributed by atoms with van der Waals surface area (Å²) < 4.78 is 22.9. The van der Waals surface area contributed by atoms with Crippen LogP contribution in [0.15, 0.2) is 65.8 Å². The Morgan fingerprint density at radius 2 is 1.74 bits per heavy atom. The van der Waals surface area contributed by atoms with Crippen molar-refractivity contribution in [3.8, 4) is 23.0 Å². The Labute approximate surface area is 229 Å². The van der Waals surface area contributed by atoms with E-state index in [1.807, 2.05) is 37.3 Å². The quantitative estimate of drug-likeness (QED) is 0.127. The number of carbonyl (C=O) groups is 1. The van der Waals surface area contributed by atoms with Gasteiger partial charge in [0.25, 0.3) is 5.91 Å². The molecule has 0 saturated carbocycles. The first-order valence-corrected chi connectivity index (χ1v) is 13.2. The molecule has 202 valence electrons. The van der Waals surface area contributed by atoms with Gasteiger partial charge in [-0.3, -0.25) is 4.79 Å². The molecule has 38 heavy (non-hydrogen) atoms. The van der Waals surface area contributed by atoms with Crippen molar-refractivity contribution in [1.29, 1.82) is 0 Å². The van der Waals surface area contributed by atoms with Gasteiger partial charge < -0.3 is 18.9 Å². The highest BCUT2D eigenvalue weighted by molar-refractivity contribution is 6.32. The van der Waals surface area contributed by atoms with Gasteiger partial charge in [0.05, 0.1) is 31.6 Å². The first-order valence-electron chi connectivity index (χ1n) is 12.8. The van der Waals surface area contributed by atoms with Crippen LogP contribution in [0.3, 0.4) is 0 Å². The Balaban J connectivity index is 1.62. The van der Waals surface area contributed by atoms with Crippen molar-refractivity contribution < 1.29 is 23.7 Å². The van der Waals surface area contributed by atoms with Gasteiger partial charge in [-0.2, -0.15) is 5.10 Å². The molecule has 0 radical (unpaired) electrons. The van der Waals surface area contributed by atoms with Crippen LogP contribution in [0.5, 0.6) is 23.0 Å². The number of ether oxygens (including phenoxy) is 4. The van der Waals surface area contributed by atoms with Crippen LogP contribution in [0.25, 0.3) is 0 Å². The van der Waals surface area contributed by atoms with Crippen LogP contribution in [0.4, 0.5) is 0 Å². The normalized spacial score (nSPS) is 10.8. The van der Waals surface area contributed by atoms with E-state index >= 15 is 0 Å². The zero-order valence-corrected chi connectivity index (χ0v) is 22.9. The standard InChI is InChI=1S/C30H35ClN2O5/c1-4-6-7-11-16-37-29-25(31)17-23(18-28(29)36-5-2)20-32-33-30(34)24-14-15-26(27(19-24)35-3)38-21-22-12-9-8-10-13-22/h8-10,12-15,17-20H,4-7,11,16,21H2,1-3H3,(H,33,34)/b32-20+. The second-order valence-electron chi connectivity index (χ2n) is 8.51. The van der Waals surface area contributed by atoms with Crippen LogP contribution in [-0.4, -0.2) is 32.4 Å². The Bertz CT molecular complexity index is 1200. The van der Waals surface area contributed by atoms with Crippen LogP contribution in [0, 0.1) is 0 Å². The third-order valence-electron chi connectivity index (χ3n) is 5.62. The molecule has 0 aliphatic heterocycles. The molecule has 8 heteroatoms. The van der Waals surface area contributed by atoms with Gasteiger partial charge >= 0.3 is 0 Å². The fourth-order valence-electron chi connectivity index (χ4n) is 3.66. The summed E-state index contributed by atoms with van der Waals surface area (Å²) in [5.41, 5.74) is 4.61. The van der Waals surface area contributed by atoms with Gasteiger partial charge in [0.2, 0.25) is 0 Å². The number of amides is 1. The maximum Gasteiger partial charge on any atom is 0.271 e. The van der Waals surface area contributed by atoms with Gasteiger partial charge in [-0.25, -0.2) is 5.43 Å².